The number of nitrogens with zero attached hydrogens (tertiary/aromatic N) is 1. The molecule has 2 aliphatic heterocycles. The molecule has 2 aliphatic rings. The van der Waals surface area contributed by atoms with Crippen LogP contribution in [0, 0.1) is 5.92 Å². The van der Waals surface area contributed by atoms with Crippen LogP contribution in [0.5, 0.6) is 0 Å². The summed E-state index contributed by atoms with van der Waals surface area (Å²) in [6.45, 7) is 2.19. The number of carbonyl (C=O) groups excluding carboxylic acids is 2. The van der Waals surface area contributed by atoms with E-state index in [1.165, 1.54) is 0 Å². The van der Waals surface area contributed by atoms with Gasteiger partial charge in [-0.15, -0.1) is 0 Å². The topological polar surface area (TPSA) is 78.9 Å². The Hall–Kier alpha value is -1.92. The molecule has 0 bridgehead atoms. The Labute approximate surface area is 148 Å². The molecule has 1 aromatic carbocycles. The zero-order valence-corrected chi connectivity index (χ0v) is 14.4. The maximum atomic E-state index is 12.8. The van der Waals surface area contributed by atoms with Crippen LogP contribution in [-0.2, 0) is 9.53 Å². The summed E-state index contributed by atoms with van der Waals surface area (Å²) in [4.78, 5) is 27.1. The van der Waals surface area contributed by atoms with E-state index in [1.54, 1.807) is 17.0 Å². The molecule has 0 aliphatic carbocycles. The van der Waals surface area contributed by atoms with Gasteiger partial charge in [-0.2, -0.15) is 0 Å². The molecule has 0 spiro atoms. The van der Waals surface area contributed by atoms with Crippen molar-refractivity contribution >= 4 is 11.8 Å². The second-order valence-corrected chi connectivity index (χ2v) is 7.00. The van der Waals surface area contributed by atoms with Crippen molar-refractivity contribution in [2.75, 3.05) is 32.9 Å². The first-order valence-corrected chi connectivity index (χ1v) is 8.98. The lowest BCUT2D eigenvalue weighted by Gasteiger charge is -2.35. The fourth-order valence-electron chi connectivity index (χ4n) is 3.68. The zero-order chi connectivity index (χ0) is 17.7. The van der Waals surface area contributed by atoms with Gasteiger partial charge >= 0.3 is 0 Å². The quantitative estimate of drug-likeness (QED) is 0.840. The first kappa shape index (κ1) is 17.9. The molecule has 2 N–H and O–H groups in total. The maximum absolute atomic E-state index is 12.8. The Morgan fingerprint density at radius 3 is 2.80 bits per heavy atom. The molecule has 2 atom stereocenters. The summed E-state index contributed by atoms with van der Waals surface area (Å²) in [5.41, 5.74) is 0.196. The summed E-state index contributed by atoms with van der Waals surface area (Å²) in [5.74, 6) is -0.269. The molecule has 0 saturated carbocycles. The number of rotatable bonds is 5. The molecular weight excluding hydrogens is 320 g/mol. The van der Waals surface area contributed by atoms with Crippen molar-refractivity contribution in [1.82, 2.24) is 10.2 Å². The molecule has 25 heavy (non-hydrogen) atoms. The van der Waals surface area contributed by atoms with Gasteiger partial charge < -0.3 is 20.1 Å². The highest BCUT2D eigenvalue weighted by molar-refractivity contribution is 5.94. The fourth-order valence-corrected chi connectivity index (χ4v) is 3.68. The monoisotopic (exact) mass is 346 g/mol. The highest BCUT2D eigenvalue weighted by Gasteiger charge is 2.38. The fraction of sp³-hybridized carbons (Fsp3) is 0.579. The number of amides is 2. The van der Waals surface area contributed by atoms with Gasteiger partial charge in [0.25, 0.3) is 5.91 Å². The van der Waals surface area contributed by atoms with Gasteiger partial charge in [0, 0.05) is 31.9 Å². The molecule has 1 aromatic rings. The van der Waals surface area contributed by atoms with E-state index in [2.05, 4.69) is 5.32 Å². The normalized spacial score (nSPS) is 26.4. The number of likely N-dealkylation sites (tertiary alicyclic amines) is 1. The number of ether oxygens (including phenoxy) is 1. The van der Waals surface area contributed by atoms with Crippen molar-refractivity contribution in [1.29, 1.82) is 0 Å². The summed E-state index contributed by atoms with van der Waals surface area (Å²) in [5, 5.41) is 12.4. The van der Waals surface area contributed by atoms with Crippen LogP contribution in [0.25, 0.3) is 0 Å². The van der Waals surface area contributed by atoms with Crippen molar-refractivity contribution in [3.05, 3.63) is 35.9 Å². The van der Waals surface area contributed by atoms with Crippen molar-refractivity contribution in [3.63, 3.8) is 0 Å². The number of benzene rings is 1. The molecule has 3 rings (SSSR count). The highest BCUT2D eigenvalue weighted by atomic mass is 16.5. The van der Waals surface area contributed by atoms with Gasteiger partial charge in [0.15, 0.2) is 0 Å². The van der Waals surface area contributed by atoms with Crippen LogP contribution in [-0.4, -0.2) is 60.3 Å². The van der Waals surface area contributed by atoms with E-state index in [-0.39, 0.29) is 24.3 Å². The molecule has 2 amide bonds. The molecule has 6 heteroatoms. The Bertz CT molecular complexity index is 599. The van der Waals surface area contributed by atoms with Gasteiger partial charge in [-0.05, 0) is 37.8 Å². The summed E-state index contributed by atoms with van der Waals surface area (Å²) in [6.07, 6.45) is 2.82. The molecule has 6 nitrogen and oxygen atoms in total. The predicted molar refractivity (Wildman–Crippen MR) is 93.1 cm³/mol. The molecule has 0 radical (unpaired) electrons. The number of piperidine rings is 1. The SMILES string of the molecule is O=C(N[C@@]1(CCO)CCOC1)[C@H]1CCCN(C(=O)c2ccccc2)C1. The minimum atomic E-state index is -0.461. The van der Waals surface area contributed by atoms with Crippen molar-refractivity contribution in [2.24, 2.45) is 5.92 Å². The van der Waals surface area contributed by atoms with Crippen LogP contribution in [0.4, 0.5) is 0 Å². The van der Waals surface area contributed by atoms with E-state index in [4.69, 9.17) is 4.74 Å². The lowest BCUT2D eigenvalue weighted by Crippen LogP contribution is -2.54. The third-order valence-corrected chi connectivity index (χ3v) is 5.18. The Kier molecular flexibility index (Phi) is 5.71. The van der Waals surface area contributed by atoms with Gasteiger partial charge in [0.2, 0.25) is 5.91 Å². The highest BCUT2D eigenvalue weighted by Crippen LogP contribution is 2.25. The Balaban J connectivity index is 1.62. The lowest BCUT2D eigenvalue weighted by atomic mass is 9.91. The Morgan fingerprint density at radius 1 is 1.32 bits per heavy atom. The van der Waals surface area contributed by atoms with Gasteiger partial charge in [-0.3, -0.25) is 9.59 Å². The summed E-state index contributed by atoms with van der Waals surface area (Å²) < 4.78 is 5.43. The van der Waals surface area contributed by atoms with E-state index in [9.17, 15) is 14.7 Å². The lowest BCUT2D eigenvalue weighted by molar-refractivity contribution is -0.128. The van der Waals surface area contributed by atoms with Crippen molar-refractivity contribution in [2.45, 2.75) is 31.2 Å². The van der Waals surface area contributed by atoms with Crippen molar-refractivity contribution in [3.8, 4) is 0 Å². The van der Waals surface area contributed by atoms with Crippen LogP contribution in [0.15, 0.2) is 30.3 Å². The first-order chi connectivity index (χ1) is 12.1. The second-order valence-electron chi connectivity index (χ2n) is 7.00. The van der Waals surface area contributed by atoms with Crippen LogP contribution < -0.4 is 5.32 Å². The molecule has 2 heterocycles. The van der Waals surface area contributed by atoms with E-state index in [0.29, 0.717) is 38.3 Å². The van der Waals surface area contributed by atoms with E-state index >= 15 is 0 Å². The van der Waals surface area contributed by atoms with Crippen LogP contribution in [0.1, 0.15) is 36.0 Å². The largest absolute Gasteiger partial charge is 0.396 e. The number of hydrogen-bond acceptors (Lipinski definition) is 4. The summed E-state index contributed by atoms with van der Waals surface area (Å²) >= 11 is 0. The van der Waals surface area contributed by atoms with E-state index in [0.717, 1.165) is 19.3 Å². The average molecular weight is 346 g/mol. The van der Waals surface area contributed by atoms with Gasteiger partial charge in [0.1, 0.15) is 0 Å². The number of hydrogen-bond donors (Lipinski definition) is 2. The number of nitrogens with one attached hydrogen (secondary N) is 1. The molecular formula is C19H26N2O4. The van der Waals surface area contributed by atoms with Crippen LogP contribution in [0.2, 0.25) is 0 Å². The van der Waals surface area contributed by atoms with E-state index in [1.807, 2.05) is 18.2 Å². The molecule has 136 valence electrons. The van der Waals surface area contributed by atoms with Gasteiger partial charge in [-0.1, -0.05) is 18.2 Å². The second kappa shape index (κ2) is 7.97. The zero-order valence-electron chi connectivity index (χ0n) is 14.4. The molecule has 2 fully saturated rings. The standard InChI is InChI=1S/C19H26N2O4/c22-11-8-19(9-12-25-14-19)20-17(23)16-7-4-10-21(13-16)18(24)15-5-2-1-3-6-15/h1-3,5-6,16,22H,4,7-14H2,(H,20,23)/t16-,19-/m0/s1. The van der Waals surface area contributed by atoms with Crippen LogP contribution >= 0.6 is 0 Å². The molecule has 0 aromatic heterocycles. The minimum Gasteiger partial charge on any atom is -0.396 e. The van der Waals surface area contributed by atoms with Gasteiger partial charge in [0.05, 0.1) is 18.1 Å². The first-order valence-electron chi connectivity index (χ1n) is 8.98. The third kappa shape index (κ3) is 4.19. The summed E-state index contributed by atoms with van der Waals surface area (Å²) in [6, 6.07) is 9.18. The Morgan fingerprint density at radius 2 is 2.12 bits per heavy atom. The van der Waals surface area contributed by atoms with Crippen molar-refractivity contribution < 1.29 is 19.4 Å². The molecule has 2 saturated heterocycles. The maximum Gasteiger partial charge on any atom is 0.253 e. The van der Waals surface area contributed by atoms with Gasteiger partial charge in [-0.25, -0.2) is 0 Å². The predicted octanol–water partition coefficient (Wildman–Crippen LogP) is 1.20. The summed E-state index contributed by atoms with van der Waals surface area (Å²) in [7, 11) is 0. The molecule has 0 unspecified atom stereocenters. The van der Waals surface area contributed by atoms with E-state index < -0.39 is 5.54 Å². The third-order valence-electron chi connectivity index (χ3n) is 5.18. The number of carbonyl (C=O) groups is 2. The average Bonchev–Trinajstić information content (AvgIpc) is 3.10. The smallest absolute Gasteiger partial charge is 0.253 e. The number of aliphatic hydroxyl groups excluding tert-OH is 1. The number of aliphatic hydroxyl groups is 1. The van der Waals surface area contributed by atoms with Crippen LogP contribution in [0.3, 0.4) is 0 Å². The minimum absolute atomic E-state index is 0.0208.